The van der Waals surface area contributed by atoms with Crippen LogP contribution in [0.2, 0.25) is 0 Å². The van der Waals surface area contributed by atoms with Crippen LogP contribution in [0.15, 0.2) is 24.3 Å². The lowest BCUT2D eigenvalue weighted by Gasteiger charge is -2.28. The summed E-state index contributed by atoms with van der Waals surface area (Å²) in [5, 5.41) is 0. The molecule has 2 aliphatic carbocycles. The van der Waals surface area contributed by atoms with Crippen molar-refractivity contribution in [2.24, 2.45) is 23.7 Å². The van der Waals surface area contributed by atoms with E-state index in [1.807, 2.05) is 0 Å². The summed E-state index contributed by atoms with van der Waals surface area (Å²) < 4.78 is 10.5. The number of nitrogens with zero attached hydrogens (tertiary/aromatic N) is 2. The first-order chi connectivity index (χ1) is 20.4. The fourth-order valence-electron chi connectivity index (χ4n) is 7.91. The maximum atomic E-state index is 13.1. The maximum Gasteiger partial charge on any atom is 0.310 e. The number of allylic oxidation sites excluding steroid dienone is 2. The Morgan fingerprint density at radius 3 is 1.70 bits per heavy atom. The summed E-state index contributed by atoms with van der Waals surface area (Å²) in [5.74, 6) is -2.32. The van der Waals surface area contributed by atoms with Crippen molar-refractivity contribution in [1.82, 2.24) is 19.9 Å². The van der Waals surface area contributed by atoms with Gasteiger partial charge in [0, 0.05) is 57.1 Å². The smallest absolute Gasteiger partial charge is 0.310 e. The molecule has 0 amide bonds. The third-order valence-corrected chi connectivity index (χ3v) is 10.5. The minimum absolute atomic E-state index is 0.182. The van der Waals surface area contributed by atoms with Crippen LogP contribution in [-0.2, 0) is 30.9 Å². The van der Waals surface area contributed by atoms with E-state index in [1.165, 1.54) is 30.9 Å². The molecule has 0 radical (unpaired) electrons. The molecule has 8 nitrogen and oxygen atoms in total. The quantitative estimate of drug-likeness (QED) is 0.350. The van der Waals surface area contributed by atoms with Gasteiger partial charge in [-0.05, 0) is 91.8 Å². The van der Waals surface area contributed by atoms with Gasteiger partial charge in [-0.15, -0.1) is 0 Å². The fourth-order valence-corrected chi connectivity index (χ4v) is 7.91. The molecule has 7 rings (SSSR count). The summed E-state index contributed by atoms with van der Waals surface area (Å²) in [7, 11) is 2.77. The van der Waals surface area contributed by atoms with Crippen molar-refractivity contribution >= 4 is 45.2 Å². The van der Waals surface area contributed by atoms with Gasteiger partial charge in [0.25, 0.3) is 0 Å². The molecule has 0 aromatic carbocycles. The Bertz CT molecular complexity index is 1940. The van der Waals surface area contributed by atoms with Gasteiger partial charge < -0.3 is 19.4 Å². The summed E-state index contributed by atoms with van der Waals surface area (Å²) in [5.41, 5.74) is 14.4. The SMILES string of the molecule is COC(=O)[C@@H]1[C@@H](C(=O)OC)[C@H]2C[C@@H]1C1=C2c2cc3nc(cc4[nH]c(cc5[nH]c(cc1n2)c(C)c5C)c(C)c4C)CC3(C)C. The molecule has 1 saturated carbocycles. The minimum Gasteiger partial charge on any atom is -0.469 e. The van der Waals surface area contributed by atoms with Crippen LogP contribution >= 0.6 is 0 Å². The molecule has 5 heterocycles. The normalized spacial score (nSPS) is 23.4. The molecular weight excluding hydrogens is 540 g/mol. The highest BCUT2D eigenvalue weighted by molar-refractivity contribution is 6.03. The number of hydrogen-bond acceptors (Lipinski definition) is 6. The van der Waals surface area contributed by atoms with Gasteiger partial charge in [-0.2, -0.15) is 0 Å². The number of carbonyl (C=O) groups excluding carboxylic acids is 2. The number of methoxy groups -OCH3 is 2. The van der Waals surface area contributed by atoms with E-state index in [0.29, 0.717) is 6.42 Å². The number of ether oxygens (including phenoxy) is 2. The van der Waals surface area contributed by atoms with Gasteiger partial charge in [-0.3, -0.25) is 14.6 Å². The largest absolute Gasteiger partial charge is 0.469 e. The van der Waals surface area contributed by atoms with E-state index in [0.717, 1.165) is 68.0 Å². The van der Waals surface area contributed by atoms with Crippen LogP contribution in [0.5, 0.6) is 0 Å². The number of rotatable bonds is 2. The molecule has 2 N–H and O–H groups in total. The maximum absolute atomic E-state index is 13.1. The number of H-pyrrole nitrogens is 2. The molecule has 0 spiro atoms. The van der Waals surface area contributed by atoms with Crippen LogP contribution in [0.4, 0.5) is 0 Å². The van der Waals surface area contributed by atoms with Crippen molar-refractivity contribution in [3.05, 3.63) is 69.3 Å². The number of aromatic nitrogens is 4. The average molecular weight is 579 g/mol. The molecule has 43 heavy (non-hydrogen) atoms. The van der Waals surface area contributed by atoms with Gasteiger partial charge >= 0.3 is 11.9 Å². The minimum atomic E-state index is -0.606. The first-order valence-corrected chi connectivity index (χ1v) is 15.0. The van der Waals surface area contributed by atoms with Crippen molar-refractivity contribution in [3.8, 4) is 0 Å². The molecule has 10 bridgehead atoms. The van der Waals surface area contributed by atoms with Gasteiger partial charge in [0.05, 0.1) is 37.4 Å². The molecule has 8 heteroatoms. The summed E-state index contributed by atoms with van der Waals surface area (Å²) in [6, 6.07) is 8.57. The highest BCUT2D eigenvalue weighted by Crippen LogP contribution is 2.63. The second-order valence-electron chi connectivity index (χ2n) is 13.3. The van der Waals surface area contributed by atoms with E-state index >= 15 is 0 Å². The van der Waals surface area contributed by atoms with E-state index in [9.17, 15) is 9.59 Å². The third kappa shape index (κ3) is 3.95. The van der Waals surface area contributed by atoms with Crippen LogP contribution in [0.25, 0.3) is 33.2 Å². The van der Waals surface area contributed by atoms with Crippen LogP contribution < -0.4 is 0 Å². The monoisotopic (exact) mass is 578 g/mol. The zero-order valence-corrected chi connectivity index (χ0v) is 26.1. The molecule has 2 aliphatic heterocycles. The number of fused-ring (bicyclic) bond motifs is 14. The Morgan fingerprint density at radius 2 is 1.19 bits per heavy atom. The van der Waals surface area contributed by atoms with Gasteiger partial charge in [0.2, 0.25) is 0 Å². The van der Waals surface area contributed by atoms with E-state index in [2.05, 4.69) is 75.8 Å². The van der Waals surface area contributed by atoms with Crippen LogP contribution in [0.3, 0.4) is 0 Å². The first-order valence-electron chi connectivity index (χ1n) is 15.0. The van der Waals surface area contributed by atoms with E-state index < -0.39 is 11.8 Å². The lowest BCUT2D eigenvalue weighted by atomic mass is 9.74. The zero-order chi connectivity index (χ0) is 30.5. The van der Waals surface area contributed by atoms with Gasteiger partial charge in [-0.25, -0.2) is 4.98 Å². The first kappa shape index (κ1) is 27.6. The summed E-state index contributed by atoms with van der Waals surface area (Å²) in [6.45, 7) is 13.0. The van der Waals surface area contributed by atoms with Gasteiger partial charge in [-0.1, -0.05) is 13.8 Å². The van der Waals surface area contributed by atoms with Crippen LogP contribution in [0, 0.1) is 51.4 Å². The Hall–Kier alpha value is -4.20. The lowest BCUT2D eigenvalue weighted by molar-refractivity contribution is -0.157. The predicted molar refractivity (Wildman–Crippen MR) is 166 cm³/mol. The van der Waals surface area contributed by atoms with Gasteiger partial charge in [0.1, 0.15) is 0 Å². The third-order valence-electron chi connectivity index (χ3n) is 10.5. The predicted octanol–water partition coefficient (Wildman–Crippen LogP) is 6.21. The summed E-state index contributed by atoms with van der Waals surface area (Å²) in [4.78, 5) is 43.9. The van der Waals surface area contributed by atoms with E-state index in [1.54, 1.807) is 0 Å². The highest BCUT2D eigenvalue weighted by atomic mass is 16.5. The number of carbonyl (C=O) groups is 2. The molecule has 3 aromatic heterocycles. The number of nitrogens with one attached hydrogen (secondary N) is 2. The molecular formula is C35H38N4O4. The molecule has 4 atom stereocenters. The van der Waals surface area contributed by atoms with Crippen LogP contribution in [0.1, 0.15) is 65.3 Å². The fraction of sp³-hybridized carbons (Fsp3) is 0.429. The van der Waals surface area contributed by atoms with Crippen molar-refractivity contribution < 1.29 is 19.1 Å². The molecule has 1 fully saturated rings. The topological polar surface area (TPSA) is 110 Å². The van der Waals surface area contributed by atoms with Gasteiger partial charge in [0.15, 0.2) is 0 Å². The summed E-state index contributed by atoms with van der Waals surface area (Å²) >= 11 is 0. The lowest BCUT2D eigenvalue weighted by Crippen LogP contribution is -2.36. The standard InChI is InChI=1S/C35H38N4O4/c1-15-16(2)23-11-24-17(3)18(4)25(38-24)12-26-29-20-10-21(32(34(41)43-8)31(20)33(40)42-7)30(29)27(39-26)13-28-35(5,6)14-19(36-28)9-22(15)37-23/h9,11-13,20-21,31-32,37-38H,10,14H2,1-8H3/t20-,21+,31+,32+/m1/s1. The van der Waals surface area contributed by atoms with E-state index in [-0.39, 0.29) is 29.2 Å². The number of aromatic amines is 2. The van der Waals surface area contributed by atoms with Crippen LogP contribution in [-0.4, -0.2) is 46.1 Å². The molecule has 0 saturated heterocycles. The Kier molecular flexibility index (Phi) is 6.04. The van der Waals surface area contributed by atoms with Crippen molar-refractivity contribution in [2.75, 3.05) is 14.2 Å². The van der Waals surface area contributed by atoms with Crippen molar-refractivity contribution in [1.29, 1.82) is 0 Å². The molecule has 3 aromatic rings. The Morgan fingerprint density at radius 1 is 0.721 bits per heavy atom. The number of hydrogen-bond donors (Lipinski definition) is 2. The zero-order valence-electron chi connectivity index (χ0n) is 26.1. The summed E-state index contributed by atoms with van der Waals surface area (Å²) in [6.07, 6.45) is 1.49. The Labute approximate surface area is 251 Å². The van der Waals surface area contributed by atoms with Crippen molar-refractivity contribution in [3.63, 3.8) is 0 Å². The Balaban J connectivity index is 1.57. The molecule has 222 valence electrons. The average Bonchev–Trinajstić information content (AvgIpc) is 3.78. The second-order valence-corrected chi connectivity index (χ2v) is 13.3. The molecule has 4 aliphatic rings. The second kappa shape index (κ2) is 9.40. The highest BCUT2D eigenvalue weighted by Gasteiger charge is 2.60. The molecule has 0 unspecified atom stereocenters. The number of aryl methyl sites for hydroxylation is 4. The number of esters is 2. The van der Waals surface area contributed by atoms with E-state index in [4.69, 9.17) is 19.4 Å². The van der Waals surface area contributed by atoms with Crippen molar-refractivity contribution in [2.45, 2.75) is 59.8 Å².